The predicted octanol–water partition coefficient (Wildman–Crippen LogP) is 1.86. The molecule has 0 saturated heterocycles. The number of halogens is 1. The Morgan fingerprint density at radius 3 is 2.50 bits per heavy atom. The molecule has 0 saturated carbocycles. The molecular weight excluding hydrogens is 296 g/mol. The Morgan fingerprint density at radius 2 is 2.00 bits per heavy atom. The summed E-state index contributed by atoms with van der Waals surface area (Å²) in [5, 5.41) is 3.23. The van der Waals surface area contributed by atoms with Crippen LogP contribution in [0.4, 0.5) is 0 Å². The van der Waals surface area contributed by atoms with Crippen LogP contribution in [0.3, 0.4) is 0 Å². The first-order valence-electron chi connectivity index (χ1n) is 6.54. The van der Waals surface area contributed by atoms with Crippen molar-refractivity contribution in [1.29, 1.82) is 0 Å². The van der Waals surface area contributed by atoms with Gasteiger partial charge in [0.1, 0.15) is 5.78 Å². The second-order valence-electron chi connectivity index (χ2n) is 5.06. The number of nitrogens with two attached hydrogens (primary N) is 1. The van der Waals surface area contributed by atoms with E-state index in [2.05, 4.69) is 35.1 Å². The lowest BCUT2D eigenvalue weighted by atomic mass is 9.94. The number of rotatable bonds is 10. The standard InChI is InChI=1S/C13H25BrN2O2/c1-10(2)6-11(9-15)7-13(18)16-5-3-4-12(17)8-14/h10-11H,3-9,15H2,1-2H3,(H,16,18)/t11-/m0/s1. The first-order valence-corrected chi connectivity index (χ1v) is 7.66. The maximum Gasteiger partial charge on any atom is 0.220 e. The van der Waals surface area contributed by atoms with Gasteiger partial charge in [0.2, 0.25) is 5.91 Å². The van der Waals surface area contributed by atoms with Crippen LogP contribution in [0.5, 0.6) is 0 Å². The Kier molecular flexibility index (Phi) is 10.3. The molecule has 106 valence electrons. The molecule has 1 atom stereocenters. The van der Waals surface area contributed by atoms with E-state index < -0.39 is 0 Å². The van der Waals surface area contributed by atoms with Crippen LogP contribution in [-0.4, -0.2) is 30.1 Å². The minimum atomic E-state index is 0.0393. The van der Waals surface area contributed by atoms with Crippen LogP contribution >= 0.6 is 15.9 Å². The van der Waals surface area contributed by atoms with Crippen LogP contribution in [0.25, 0.3) is 0 Å². The van der Waals surface area contributed by atoms with E-state index in [0.717, 1.165) is 6.42 Å². The molecule has 0 aliphatic carbocycles. The van der Waals surface area contributed by atoms with Crippen molar-refractivity contribution in [3.8, 4) is 0 Å². The van der Waals surface area contributed by atoms with Crippen molar-refractivity contribution in [2.45, 2.75) is 39.5 Å². The summed E-state index contributed by atoms with van der Waals surface area (Å²) < 4.78 is 0. The van der Waals surface area contributed by atoms with Crippen LogP contribution < -0.4 is 11.1 Å². The van der Waals surface area contributed by atoms with Crippen molar-refractivity contribution in [2.75, 3.05) is 18.4 Å². The number of hydrogen-bond donors (Lipinski definition) is 2. The highest BCUT2D eigenvalue weighted by atomic mass is 79.9. The number of carbonyl (C=O) groups excluding carboxylic acids is 2. The SMILES string of the molecule is CC(C)C[C@H](CN)CC(=O)NCCCC(=O)CBr. The third kappa shape index (κ3) is 9.59. The summed E-state index contributed by atoms with van der Waals surface area (Å²) in [6.45, 7) is 5.38. The van der Waals surface area contributed by atoms with Crippen molar-refractivity contribution in [3.05, 3.63) is 0 Å². The minimum absolute atomic E-state index is 0.0393. The molecule has 0 heterocycles. The lowest BCUT2D eigenvalue weighted by Gasteiger charge is -2.16. The van der Waals surface area contributed by atoms with Gasteiger partial charge in [-0.15, -0.1) is 0 Å². The summed E-state index contributed by atoms with van der Waals surface area (Å²) in [4.78, 5) is 22.7. The molecule has 0 aromatic carbocycles. The fraction of sp³-hybridized carbons (Fsp3) is 0.846. The fourth-order valence-electron chi connectivity index (χ4n) is 1.84. The molecule has 1 amide bonds. The zero-order valence-electron chi connectivity index (χ0n) is 11.4. The molecule has 0 unspecified atom stereocenters. The second kappa shape index (κ2) is 10.5. The quantitative estimate of drug-likeness (QED) is 0.476. The van der Waals surface area contributed by atoms with E-state index in [1.54, 1.807) is 0 Å². The Bertz CT molecular complexity index is 257. The van der Waals surface area contributed by atoms with Gasteiger partial charge in [0, 0.05) is 19.4 Å². The number of amides is 1. The molecule has 0 bridgehead atoms. The number of nitrogens with one attached hydrogen (secondary N) is 1. The third-order valence-electron chi connectivity index (χ3n) is 2.72. The van der Waals surface area contributed by atoms with Gasteiger partial charge in [-0.2, -0.15) is 0 Å². The van der Waals surface area contributed by atoms with Gasteiger partial charge in [0.15, 0.2) is 0 Å². The van der Waals surface area contributed by atoms with E-state index in [1.807, 2.05) is 0 Å². The second-order valence-corrected chi connectivity index (χ2v) is 5.62. The fourth-order valence-corrected chi connectivity index (χ4v) is 2.12. The van der Waals surface area contributed by atoms with E-state index in [1.165, 1.54) is 0 Å². The van der Waals surface area contributed by atoms with E-state index in [-0.39, 0.29) is 17.6 Å². The van der Waals surface area contributed by atoms with Gasteiger partial charge in [0.25, 0.3) is 0 Å². The van der Waals surface area contributed by atoms with Crippen LogP contribution in [0, 0.1) is 11.8 Å². The van der Waals surface area contributed by atoms with Crippen LogP contribution in [0.2, 0.25) is 0 Å². The van der Waals surface area contributed by atoms with E-state index in [9.17, 15) is 9.59 Å². The maximum atomic E-state index is 11.6. The average Bonchev–Trinajstić information content (AvgIpc) is 2.32. The zero-order valence-corrected chi connectivity index (χ0v) is 13.0. The Labute approximate surface area is 118 Å². The highest BCUT2D eigenvalue weighted by molar-refractivity contribution is 9.09. The third-order valence-corrected chi connectivity index (χ3v) is 3.34. The van der Waals surface area contributed by atoms with Gasteiger partial charge in [-0.3, -0.25) is 9.59 Å². The van der Waals surface area contributed by atoms with E-state index in [4.69, 9.17) is 5.73 Å². The molecule has 0 spiro atoms. The molecule has 18 heavy (non-hydrogen) atoms. The molecule has 4 nitrogen and oxygen atoms in total. The number of hydrogen-bond acceptors (Lipinski definition) is 3. The van der Waals surface area contributed by atoms with Gasteiger partial charge in [-0.25, -0.2) is 0 Å². The number of Topliss-reactive ketones (excluding diaryl/α,β-unsaturated/α-hetero) is 1. The maximum absolute atomic E-state index is 11.6. The number of carbonyl (C=O) groups is 2. The van der Waals surface area contributed by atoms with Gasteiger partial charge < -0.3 is 11.1 Å². The molecule has 0 radical (unpaired) electrons. The van der Waals surface area contributed by atoms with Gasteiger partial charge in [-0.1, -0.05) is 29.8 Å². The smallest absolute Gasteiger partial charge is 0.220 e. The molecule has 0 rings (SSSR count). The van der Waals surface area contributed by atoms with Crippen molar-refractivity contribution in [2.24, 2.45) is 17.6 Å². The lowest BCUT2D eigenvalue weighted by Crippen LogP contribution is -2.29. The Hall–Kier alpha value is -0.420. The summed E-state index contributed by atoms with van der Waals surface area (Å²) in [5.41, 5.74) is 5.65. The predicted molar refractivity (Wildman–Crippen MR) is 77.7 cm³/mol. The van der Waals surface area contributed by atoms with Gasteiger partial charge in [-0.05, 0) is 31.2 Å². The first kappa shape index (κ1) is 17.6. The first-order chi connectivity index (χ1) is 8.49. The highest BCUT2D eigenvalue weighted by Gasteiger charge is 2.13. The summed E-state index contributed by atoms with van der Waals surface area (Å²) in [6.07, 6.45) is 2.68. The van der Waals surface area contributed by atoms with Gasteiger partial charge >= 0.3 is 0 Å². The van der Waals surface area contributed by atoms with Gasteiger partial charge in [0.05, 0.1) is 5.33 Å². The normalized spacial score (nSPS) is 12.5. The Balaban J connectivity index is 3.72. The summed E-state index contributed by atoms with van der Waals surface area (Å²) in [5.74, 6) is 1.03. The number of ketones is 1. The summed E-state index contributed by atoms with van der Waals surface area (Å²) in [7, 11) is 0. The van der Waals surface area contributed by atoms with Crippen LogP contribution in [0.15, 0.2) is 0 Å². The zero-order chi connectivity index (χ0) is 14.0. The van der Waals surface area contributed by atoms with E-state index >= 15 is 0 Å². The summed E-state index contributed by atoms with van der Waals surface area (Å²) >= 11 is 3.11. The van der Waals surface area contributed by atoms with E-state index in [0.29, 0.717) is 43.6 Å². The molecule has 3 N–H and O–H groups in total. The molecule has 0 aliphatic heterocycles. The summed E-state index contributed by atoms with van der Waals surface area (Å²) in [6, 6.07) is 0. The molecule has 0 aromatic heterocycles. The van der Waals surface area contributed by atoms with Crippen molar-refractivity contribution >= 4 is 27.6 Å². The van der Waals surface area contributed by atoms with Crippen molar-refractivity contribution < 1.29 is 9.59 Å². The van der Waals surface area contributed by atoms with Crippen LogP contribution in [-0.2, 0) is 9.59 Å². The molecule has 0 fully saturated rings. The molecule has 0 aliphatic rings. The lowest BCUT2D eigenvalue weighted by molar-refractivity contribution is -0.122. The largest absolute Gasteiger partial charge is 0.356 e. The highest BCUT2D eigenvalue weighted by Crippen LogP contribution is 2.13. The topological polar surface area (TPSA) is 72.2 Å². The number of alkyl halides is 1. The van der Waals surface area contributed by atoms with Crippen molar-refractivity contribution in [3.63, 3.8) is 0 Å². The van der Waals surface area contributed by atoms with Crippen molar-refractivity contribution in [1.82, 2.24) is 5.32 Å². The Morgan fingerprint density at radius 1 is 1.33 bits per heavy atom. The average molecular weight is 321 g/mol. The molecule has 0 aromatic rings. The minimum Gasteiger partial charge on any atom is -0.356 e. The monoisotopic (exact) mass is 320 g/mol. The molecular formula is C13H25BrN2O2. The van der Waals surface area contributed by atoms with Crippen LogP contribution in [0.1, 0.15) is 39.5 Å². The molecule has 5 heteroatoms.